The van der Waals surface area contributed by atoms with Crippen LogP contribution in [0.4, 0.5) is 5.69 Å². The molecule has 0 radical (unpaired) electrons. The zero-order chi connectivity index (χ0) is 14.7. The predicted molar refractivity (Wildman–Crippen MR) is 75.0 cm³/mol. The first-order valence-electron chi connectivity index (χ1n) is 6.81. The Labute approximate surface area is 125 Å². The van der Waals surface area contributed by atoms with Crippen LogP contribution in [0.2, 0.25) is 0 Å². The highest BCUT2D eigenvalue weighted by atomic mass is 32.2. The van der Waals surface area contributed by atoms with E-state index in [-0.39, 0.29) is 11.7 Å². The number of hydrogen-bond acceptors (Lipinski definition) is 7. The minimum absolute atomic E-state index is 0.0271. The first kappa shape index (κ1) is 13.9. The van der Waals surface area contributed by atoms with Crippen LogP contribution in [0.1, 0.15) is 38.1 Å². The molecule has 0 aromatic carbocycles. The van der Waals surface area contributed by atoms with E-state index in [1.165, 1.54) is 31.5 Å². The van der Waals surface area contributed by atoms with Gasteiger partial charge in [-0.05, 0) is 41.1 Å². The standard InChI is InChI=1S/C12H14N6O2S/c19-18(20)10-7-4-8-13-11(10)21-12-14-15-16-17(12)9-5-2-1-3-6-9/h4,7-9H,1-3,5-6H2. The van der Waals surface area contributed by atoms with Gasteiger partial charge in [0.1, 0.15) is 0 Å². The van der Waals surface area contributed by atoms with Crippen molar-refractivity contribution in [3.63, 3.8) is 0 Å². The average Bonchev–Trinajstić information content (AvgIpc) is 2.96. The molecule has 2 aromatic rings. The summed E-state index contributed by atoms with van der Waals surface area (Å²) in [7, 11) is 0. The molecular weight excluding hydrogens is 292 g/mol. The normalized spacial score (nSPS) is 16.0. The number of hydrogen-bond donors (Lipinski definition) is 0. The highest BCUT2D eigenvalue weighted by Crippen LogP contribution is 2.35. The van der Waals surface area contributed by atoms with Crippen LogP contribution in [-0.2, 0) is 0 Å². The summed E-state index contributed by atoms with van der Waals surface area (Å²) in [5, 5.41) is 23.7. The van der Waals surface area contributed by atoms with Crippen molar-refractivity contribution in [2.75, 3.05) is 0 Å². The number of pyridine rings is 1. The molecule has 0 saturated heterocycles. The topological polar surface area (TPSA) is 99.6 Å². The molecule has 1 aliphatic carbocycles. The molecule has 0 N–H and O–H groups in total. The summed E-state index contributed by atoms with van der Waals surface area (Å²) in [5.41, 5.74) is -0.0271. The molecule has 2 aromatic heterocycles. The molecule has 110 valence electrons. The van der Waals surface area contributed by atoms with Crippen LogP contribution in [0.25, 0.3) is 0 Å². The zero-order valence-electron chi connectivity index (χ0n) is 11.3. The van der Waals surface area contributed by atoms with Crippen LogP contribution in [0.3, 0.4) is 0 Å². The maximum absolute atomic E-state index is 11.0. The Balaban J connectivity index is 1.86. The monoisotopic (exact) mass is 306 g/mol. The maximum atomic E-state index is 11.0. The van der Waals surface area contributed by atoms with Gasteiger partial charge in [0.15, 0.2) is 5.03 Å². The van der Waals surface area contributed by atoms with E-state index in [0.717, 1.165) is 24.6 Å². The Morgan fingerprint density at radius 1 is 1.33 bits per heavy atom. The van der Waals surface area contributed by atoms with E-state index >= 15 is 0 Å². The molecule has 0 atom stereocenters. The Hall–Kier alpha value is -2.03. The van der Waals surface area contributed by atoms with Crippen molar-refractivity contribution in [2.45, 2.75) is 48.3 Å². The molecule has 0 bridgehead atoms. The lowest BCUT2D eigenvalue weighted by Crippen LogP contribution is -2.15. The van der Waals surface area contributed by atoms with Crippen molar-refractivity contribution in [2.24, 2.45) is 0 Å². The van der Waals surface area contributed by atoms with Gasteiger partial charge in [0.25, 0.3) is 0 Å². The lowest BCUT2D eigenvalue weighted by Gasteiger charge is -2.21. The Kier molecular flexibility index (Phi) is 4.09. The van der Waals surface area contributed by atoms with Crippen LogP contribution in [0, 0.1) is 10.1 Å². The third kappa shape index (κ3) is 3.02. The van der Waals surface area contributed by atoms with Crippen molar-refractivity contribution in [1.29, 1.82) is 0 Å². The average molecular weight is 306 g/mol. The Morgan fingerprint density at radius 2 is 2.14 bits per heavy atom. The van der Waals surface area contributed by atoms with E-state index in [0.29, 0.717) is 10.2 Å². The lowest BCUT2D eigenvalue weighted by atomic mass is 9.96. The molecule has 8 nitrogen and oxygen atoms in total. The van der Waals surface area contributed by atoms with E-state index in [1.807, 2.05) is 0 Å². The van der Waals surface area contributed by atoms with Crippen LogP contribution in [-0.4, -0.2) is 30.1 Å². The predicted octanol–water partition coefficient (Wildman–Crippen LogP) is 2.63. The maximum Gasteiger partial charge on any atom is 0.301 e. The summed E-state index contributed by atoms with van der Waals surface area (Å²) in [5.74, 6) is 0. The third-order valence-corrected chi connectivity index (χ3v) is 4.48. The van der Waals surface area contributed by atoms with Gasteiger partial charge in [-0.3, -0.25) is 10.1 Å². The number of nitro groups is 1. The molecule has 9 heteroatoms. The van der Waals surface area contributed by atoms with E-state index in [1.54, 1.807) is 10.7 Å². The lowest BCUT2D eigenvalue weighted by molar-refractivity contribution is -0.388. The molecule has 0 unspecified atom stereocenters. The van der Waals surface area contributed by atoms with Crippen molar-refractivity contribution < 1.29 is 4.92 Å². The van der Waals surface area contributed by atoms with Crippen LogP contribution >= 0.6 is 11.8 Å². The summed E-state index contributed by atoms with van der Waals surface area (Å²) in [6.07, 6.45) is 7.19. The molecule has 1 fully saturated rings. The van der Waals surface area contributed by atoms with Crippen LogP contribution in [0.5, 0.6) is 0 Å². The smallest absolute Gasteiger partial charge is 0.258 e. The molecule has 0 amide bonds. The Bertz CT molecular complexity index is 640. The van der Waals surface area contributed by atoms with Gasteiger partial charge in [0, 0.05) is 12.3 Å². The number of aromatic nitrogens is 5. The SMILES string of the molecule is O=[N+]([O-])c1cccnc1Sc1nnnn1C1CCCCC1. The summed E-state index contributed by atoms with van der Waals surface area (Å²) in [6.45, 7) is 0. The minimum atomic E-state index is -0.440. The van der Waals surface area contributed by atoms with Gasteiger partial charge in [-0.1, -0.05) is 19.3 Å². The minimum Gasteiger partial charge on any atom is -0.258 e. The largest absolute Gasteiger partial charge is 0.301 e. The van der Waals surface area contributed by atoms with Crippen molar-refractivity contribution in [3.8, 4) is 0 Å². The van der Waals surface area contributed by atoms with Gasteiger partial charge in [-0.2, -0.15) is 0 Å². The fraction of sp³-hybridized carbons (Fsp3) is 0.500. The molecule has 1 aliphatic rings. The van der Waals surface area contributed by atoms with Gasteiger partial charge < -0.3 is 0 Å². The van der Waals surface area contributed by atoms with E-state index in [2.05, 4.69) is 20.5 Å². The van der Waals surface area contributed by atoms with E-state index in [4.69, 9.17) is 0 Å². The van der Waals surface area contributed by atoms with E-state index < -0.39 is 4.92 Å². The summed E-state index contributed by atoms with van der Waals surface area (Å²) in [6, 6.07) is 3.26. The quantitative estimate of drug-likeness (QED) is 0.632. The van der Waals surface area contributed by atoms with Gasteiger partial charge in [-0.25, -0.2) is 9.67 Å². The van der Waals surface area contributed by atoms with Gasteiger partial charge in [-0.15, -0.1) is 5.10 Å². The second kappa shape index (κ2) is 6.17. The fourth-order valence-electron chi connectivity index (χ4n) is 2.49. The second-order valence-electron chi connectivity index (χ2n) is 4.88. The van der Waals surface area contributed by atoms with Crippen molar-refractivity contribution in [3.05, 3.63) is 28.4 Å². The number of tetrazole rings is 1. The molecule has 0 spiro atoms. The number of rotatable bonds is 4. The second-order valence-corrected chi connectivity index (χ2v) is 5.84. The zero-order valence-corrected chi connectivity index (χ0v) is 12.1. The first-order valence-corrected chi connectivity index (χ1v) is 7.62. The van der Waals surface area contributed by atoms with Crippen LogP contribution in [0.15, 0.2) is 28.5 Å². The number of nitrogens with zero attached hydrogens (tertiary/aromatic N) is 6. The highest BCUT2D eigenvalue weighted by Gasteiger charge is 2.23. The molecule has 0 aliphatic heterocycles. The fourth-order valence-corrected chi connectivity index (χ4v) is 3.38. The van der Waals surface area contributed by atoms with Gasteiger partial charge >= 0.3 is 5.69 Å². The highest BCUT2D eigenvalue weighted by molar-refractivity contribution is 7.99. The summed E-state index contributed by atoms with van der Waals surface area (Å²) in [4.78, 5) is 14.7. The summed E-state index contributed by atoms with van der Waals surface area (Å²) < 4.78 is 1.78. The van der Waals surface area contributed by atoms with Gasteiger partial charge in [0.2, 0.25) is 5.16 Å². The molecule has 2 heterocycles. The van der Waals surface area contributed by atoms with Crippen molar-refractivity contribution >= 4 is 17.4 Å². The molecule has 1 saturated carbocycles. The molecule has 3 rings (SSSR count). The molecule has 21 heavy (non-hydrogen) atoms. The van der Waals surface area contributed by atoms with Gasteiger partial charge in [0.05, 0.1) is 11.0 Å². The first-order chi connectivity index (χ1) is 10.3. The van der Waals surface area contributed by atoms with Crippen molar-refractivity contribution in [1.82, 2.24) is 25.2 Å². The van der Waals surface area contributed by atoms with Crippen LogP contribution < -0.4 is 0 Å². The third-order valence-electron chi connectivity index (χ3n) is 3.52. The summed E-state index contributed by atoms with van der Waals surface area (Å²) >= 11 is 1.14. The Morgan fingerprint density at radius 3 is 2.90 bits per heavy atom. The molecular formula is C12H14N6O2S. The van der Waals surface area contributed by atoms with E-state index in [9.17, 15) is 10.1 Å².